The first kappa shape index (κ1) is 27.2. The summed E-state index contributed by atoms with van der Waals surface area (Å²) in [5.74, 6) is 0.775. The maximum absolute atomic E-state index is 12.4. The molecule has 0 aliphatic heterocycles. The second kappa shape index (κ2) is 11.7. The Bertz CT molecular complexity index is 1500. The predicted molar refractivity (Wildman–Crippen MR) is 139 cm³/mol. The molecule has 1 unspecified atom stereocenters. The highest BCUT2D eigenvalue weighted by atomic mass is 35.5. The molecule has 0 fully saturated rings. The van der Waals surface area contributed by atoms with Crippen LogP contribution in [-0.4, -0.2) is 55.5 Å². The molecule has 4 aromatic rings. The lowest BCUT2D eigenvalue weighted by Crippen LogP contribution is -2.17. The van der Waals surface area contributed by atoms with Crippen molar-refractivity contribution in [2.45, 2.75) is 13.0 Å². The van der Waals surface area contributed by atoms with Gasteiger partial charge < -0.3 is 24.6 Å². The van der Waals surface area contributed by atoms with Crippen LogP contribution in [0.25, 0.3) is 10.9 Å². The standard InChI is InChI=1S/C23H22ClN6O7P/c1-13(37-38(32,33)34)11-36-20-8-18-17(7-19(20)35-2)21(28-12-27-18)29-16-9-25-23(26-10-16)30-22(31)14-4-3-5-15(24)6-14/h3-10,12-13H,11H2,1-2H3,(H,27,28,29)(H2,32,33,34)(H,25,26,30,31). The van der Waals surface area contributed by atoms with E-state index in [4.69, 9.17) is 30.9 Å². The highest BCUT2D eigenvalue weighted by Crippen LogP contribution is 2.38. The number of hydrogen-bond donors (Lipinski definition) is 4. The Kier molecular flexibility index (Phi) is 8.35. The Morgan fingerprint density at radius 2 is 1.87 bits per heavy atom. The molecule has 15 heteroatoms. The molecule has 2 heterocycles. The van der Waals surface area contributed by atoms with E-state index in [1.807, 2.05) is 0 Å². The van der Waals surface area contributed by atoms with Gasteiger partial charge in [-0.25, -0.2) is 24.5 Å². The second-order valence-electron chi connectivity index (χ2n) is 7.84. The van der Waals surface area contributed by atoms with Crippen molar-refractivity contribution < 1.29 is 33.1 Å². The number of aromatic nitrogens is 4. The van der Waals surface area contributed by atoms with Crippen LogP contribution in [0.3, 0.4) is 0 Å². The van der Waals surface area contributed by atoms with Crippen molar-refractivity contribution in [1.82, 2.24) is 19.9 Å². The third-order valence-corrected chi connectivity index (χ3v) is 5.81. The number of carbonyl (C=O) groups is 1. The van der Waals surface area contributed by atoms with Gasteiger partial charge in [-0.2, -0.15) is 0 Å². The molecule has 0 spiro atoms. The van der Waals surface area contributed by atoms with Crippen LogP contribution in [0, 0.1) is 0 Å². The average Bonchev–Trinajstić information content (AvgIpc) is 2.87. The highest BCUT2D eigenvalue weighted by molar-refractivity contribution is 7.46. The van der Waals surface area contributed by atoms with E-state index in [0.717, 1.165) is 0 Å². The van der Waals surface area contributed by atoms with E-state index in [2.05, 4.69) is 35.1 Å². The average molecular weight is 561 g/mol. The molecule has 1 amide bonds. The summed E-state index contributed by atoms with van der Waals surface area (Å²) in [6.07, 6.45) is 3.43. The van der Waals surface area contributed by atoms with E-state index < -0.39 is 19.8 Å². The highest BCUT2D eigenvalue weighted by Gasteiger charge is 2.20. The number of phosphoric acid groups is 1. The minimum absolute atomic E-state index is 0.105. The fourth-order valence-electron chi connectivity index (χ4n) is 3.31. The van der Waals surface area contributed by atoms with Crippen LogP contribution in [0.2, 0.25) is 5.02 Å². The van der Waals surface area contributed by atoms with Gasteiger partial charge in [0.25, 0.3) is 5.91 Å². The van der Waals surface area contributed by atoms with Gasteiger partial charge in [-0.15, -0.1) is 0 Å². The maximum Gasteiger partial charge on any atom is 0.469 e. The maximum atomic E-state index is 12.4. The summed E-state index contributed by atoms with van der Waals surface area (Å²) in [6.45, 7) is 1.33. The lowest BCUT2D eigenvalue weighted by Gasteiger charge is -2.17. The molecule has 0 aliphatic carbocycles. The van der Waals surface area contributed by atoms with Crippen LogP contribution in [0.4, 0.5) is 17.5 Å². The zero-order chi connectivity index (χ0) is 27.3. The lowest BCUT2D eigenvalue weighted by molar-refractivity contribution is 0.0999. The lowest BCUT2D eigenvalue weighted by atomic mass is 10.2. The van der Waals surface area contributed by atoms with Crippen LogP contribution in [0.1, 0.15) is 17.3 Å². The Morgan fingerprint density at radius 1 is 1.11 bits per heavy atom. The molecule has 198 valence electrons. The zero-order valence-corrected chi connectivity index (χ0v) is 21.7. The first-order valence-electron chi connectivity index (χ1n) is 11.0. The number of methoxy groups -OCH3 is 1. The molecule has 2 aromatic carbocycles. The molecule has 38 heavy (non-hydrogen) atoms. The van der Waals surface area contributed by atoms with Crippen molar-refractivity contribution in [1.29, 1.82) is 0 Å². The van der Waals surface area contributed by atoms with Crippen LogP contribution >= 0.6 is 19.4 Å². The van der Waals surface area contributed by atoms with Crippen LogP contribution < -0.4 is 20.1 Å². The fraction of sp³-hybridized carbons (Fsp3) is 0.174. The summed E-state index contributed by atoms with van der Waals surface area (Å²) in [7, 11) is -3.19. The molecule has 4 N–H and O–H groups in total. The van der Waals surface area contributed by atoms with Crippen LogP contribution in [0.5, 0.6) is 11.5 Å². The van der Waals surface area contributed by atoms with Crippen molar-refractivity contribution in [2.24, 2.45) is 0 Å². The first-order valence-corrected chi connectivity index (χ1v) is 12.9. The van der Waals surface area contributed by atoms with Gasteiger partial charge in [0.15, 0.2) is 11.5 Å². The Morgan fingerprint density at radius 3 is 2.55 bits per heavy atom. The predicted octanol–water partition coefficient (Wildman–Crippen LogP) is 3.95. The van der Waals surface area contributed by atoms with Gasteiger partial charge in [0.05, 0.1) is 30.7 Å². The molecule has 0 radical (unpaired) electrons. The van der Waals surface area contributed by atoms with Gasteiger partial charge in [-0.05, 0) is 31.2 Å². The summed E-state index contributed by atoms with van der Waals surface area (Å²) in [5, 5.41) is 6.74. The number of fused-ring (bicyclic) bond motifs is 1. The molecule has 4 rings (SSSR count). The molecule has 0 saturated carbocycles. The van der Waals surface area contributed by atoms with E-state index in [1.165, 1.54) is 38.8 Å². The number of amides is 1. The Hall–Kier alpha value is -3.87. The Labute approximate surface area is 221 Å². The van der Waals surface area contributed by atoms with Gasteiger partial charge in [0.1, 0.15) is 24.9 Å². The van der Waals surface area contributed by atoms with Crippen molar-refractivity contribution in [3.05, 3.63) is 65.7 Å². The number of phosphoric ester groups is 1. The van der Waals surface area contributed by atoms with E-state index in [1.54, 1.807) is 30.3 Å². The molecule has 13 nitrogen and oxygen atoms in total. The third kappa shape index (κ3) is 7.12. The topological polar surface area (TPSA) is 178 Å². The second-order valence-corrected chi connectivity index (χ2v) is 9.47. The zero-order valence-electron chi connectivity index (χ0n) is 20.0. The van der Waals surface area contributed by atoms with E-state index in [0.29, 0.717) is 44.5 Å². The molecule has 0 bridgehead atoms. The van der Waals surface area contributed by atoms with E-state index >= 15 is 0 Å². The van der Waals surface area contributed by atoms with Gasteiger partial charge in [0.2, 0.25) is 5.95 Å². The molecule has 0 saturated heterocycles. The number of carbonyl (C=O) groups excluding carboxylic acids is 1. The molecule has 0 aliphatic rings. The number of nitrogens with zero attached hydrogens (tertiary/aromatic N) is 4. The van der Waals surface area contributed by atoms with Gasteiger partial charge in [-0.3, -0.25) is 14.6 Å². The quantitative estimate of drug-likeness (QED) is 0.205. The van der Waals surface area contributed by atoms with Crippen molar-refractivity contribution in [2.75, 3.05) is 24.4 Å². The van der Waals surface area contributed by atoms with Crippen LogP contribution in [-0.2, 0) is 9.09 Å². The van der Waals surface area contributed by atoms with Gasteiger partial charge in [0, 0.05) is 22.0 Å². The number of halogens is 1. The van der Waals surface area contributed by atoms with Crippen molar-refractivity contribution >= 4 is 53.7 Å². The summed E-state index contributed by atoms with van der Waals surface area (Å²) < 4.78 is 26.7. The Balaban J connectivity index is 1.48. The van der Waals surface area contributed by atoms with E-state index in [-0.39, 0.29) is 12.6 Å². The summed E-state index contributed by atoms with van der Waals surface area (Å²) in [4.78, 5) is 47.1. The number of ether oxygens (including phenoxy) is 2. The first-order chi connectivity index (χ1) is 18.1. The SMILES string of the molecule is COc1cc2c(Nc3cnc(NC(=O)c4cccc(Cl)c4)nc3)ncnc2cc1OCC(C)OP(=O)(O)O. The summed E-state index contributed by atoms with van der Waals surface area (Å²) in [5.41, 5.74) is 1.37. The van der Waals surface area contributed by atoms with E-state index in [9.17, 15) is 9.36 Å². The monoisotopic (exact) mass is 560 g/mol. The summed E-state index contributed by atoms with van der Waals surface area (Å²) >= 11 is 5.93. The molecular formula is C23H22ClN6O7P. The third-order valence-electron chi connectivity index (χ3n) is 4.94. The number of rotatable bonds is 10. The van der Waals surface area contributed by atoms with Gasteiger partial charge >= 0.3 is 7.82 Å². The number of benzene rings is 2. The number of hydrogen-bond acceptors (Lipinski definition) is 10. The van der Waals surface area contributed by atoms with Crippen molar-refractivity contribution in [3.63, 3.8) is 0 Å². The fourth-order valence-corrected chi connectivity index (χ4v) is 4.03. The van der Waals surface area contributed by atoms with Crippen molar-refractivity contribution in [3.8, 4) is 11.5 Å². The molecule has 2 aromatic heterocycles. The van der Waals surface area contributed by atoms with Crippen LogP contribution in [0.15, 0.2) is 55.1 Å². The molecular weight excluding hydrogens is 539 g/mol. The number of anilines is 3. The largest absolute Gasteiger partial charge is 0.493 e. The van der Waals surface area contributed by atoms with Gasteiger partial charge in [-0.1, -0.05) is 17.7 Å². The summed E-state index contributed by atoms with van der Waals surface area (Å²) in [6, 6.07) is 9.76. The minimum Gasteiger partial charge on any atom is -0.493 e. The number of nitrogens with one attached hydrogen (secondary N) is 2. The normalized spacial score (nSPS) is 12.1. The molecule has 1 atom stereocenters. The minimum atomic E-state index is -4.64. The smallest absolute Gasteiger partial charge is 0.469 e.